The second-order valence-electron chi connectivity index (χ2n) is 8.90. The molecule has 1 aliphatic carbocycles. The van der Waals surface area contributed by atoms with E-state index in [2.05, 4.69) is 34.3 Å². The largest absolute Gasteiger partial charge is 0.497 e. The molecule has 0 spiro atoms. The van der Waals surface area contributed by atoms with E-state index in [0.717, 1.165) is 23.4 Å². The van der Waals surface area contributed by atoms with E-state index in [1.165, 1.54) is 12.7 Å². The highest BCUT2D eigenvalue weighted by Crippen LogP contribution is 2.50. The normalized spacial score (nSPS) is 20.1. The molecule has 0 bridgehead atoms. The minimum absolute atomic E-state index is 0.123. The summed E-state index contributed by atoms with van der Waals surface area (Å²) in [4.78, 5) is 0.208. The van der Waals surface area contributed by atoms with Crippen molar-refractivity contribution in [2.75, 3.05) is 30.9 Å². The standard InChI is InChI=1S/C28H30N2O5S/c1-4-35-19-10-8-18(9-11-19)28-23-7-5-6-22(23)24-17-21(13-15-25(24)29-28)36(31,32)30-26-14-12-20(33-2)16-27(26)34-3/h5-6,8-17,22-23,28-30H,4,7H2,1-3H3/t22-,23+,28+/m0/s1. The smallest absolute Gasteiger partial charge is 0.262 e. The molecule has 3 atom stereocenters. The van der Waals surface area contributed by atoms with Gasteiger partial charge in [0.2, 0.25) is 0 Å². The topological polar surface area (TPSA) is 85.9 Å². The molecule has 1 aliphatic heterocycles. The van der Waals surface area contributed by atoms with Crippen LogP contribution in [0.2, 0.25) is 0 Å². The van der Waals surface area contributed by atoms with Crippen LogP contribution in [0.1, 0.15) is 36.4 Å². The number of fused-ring (bicyclic) bond motifs is 3. The van der Waals surface area contributed by atoms with E-state index in [1.807, 2.05) is 25.1 Å². The van der Waals surface area contributed by atoms with Crippen molar-refractivity contribution in [3.05, 3.63) is 83.9 Å². The van der Waals surface area contributed by atoms with Crippen LogP contribution in [0.5, 0.6) is 17.2 Å². The Bertz CT molecular complexity index is 1390. The van der Waals surface area contributed by atoms with Crippen LogP contribution in [0, 0.1) is 5.92 Å². The fourth-order valence-corrected chi connectivity index (χ4v) is 6.20. The number of hydrogen-bond acceptors (Lipinski definition) is 6. The van der Waals surface area contributed by atoms with Gasteiger partial charge in [0, 0.05) is 17.7 Å². The third-order valence-electron chi connectivity index (χ3n) is 6.85. The van der Waals surface area contributed by atoms with Crippen molar-refractivity contribution >= 4 is 21.4 Å². The number of rotatable bonds is 8. The lowest BCUT2D eigenvalue weighted by atomic mass is 9.77. The van der Waals surface area contributed by atoms with Crippen molar-refractivity contribution in [2.24, 2.45) is 5.92 Å². The molecule has 3 aromatic carbocycles. The molecule has 36 heavy (non-hydrogen) atoms. The van der Waals surface area contributed by atoms with E-state index in [1.54, 1.807) is 37.4 Å². The Kier molecular flexibility index (Phi) is 6.53. The summed E-state index contributed by atoms with van der Waals surface area (Å²) in [6.07, 6.45) is 5.31. The molecule has 7 nitrogen and oxygen atoms in total. The summed E-state index contributed by atoms with van der Waals surface area (Å²) in [5.74, 6) is 2.24. The zero-order chi connectivity index (χ0) is 25.3. The number of hydrogen-bond donors (Lipinski definition) is 2. The Labute approximate surface area is 212 Å². The van der Waals surface area contributed by atoms with Gasteiger partial charge in [0.25, 0.3) is 10.0 Å². The minimum atomic E-state index is -3.84. The van der Waals surface area contributed by atoms with Gasteiger partial charge >= 0.3 is 0 Å². The van der Waals surface area contributed by atoms with E-state index in [-0.39, 0.29) is 16.9 Å². The van der Waals surface area contributed by atoms with Gasteiger partial charge in [-0.1, -0.05) is 24.3 Å². The van der Waals surface area contributed by atoms with Gasteiger partial charge in [0.1, 0.15) is 17.2 Å². The maximum absolute atomic E-state index is 13.3. The maximum atomic E-state index is 13.3. The third kappa shape index (κ3) is 4.48. The first-order valence-corrected chi connectivity index (χ1v) is 13.5. The molecule has 8 heteroatoms. The first kappa shape index (κ1) is 24.1. The first-order valence-electron chi connectivity index (χ1n) is 12.0. The van der Waals surface area contributed by atoms with E-state index < -0.39 is 10.0 Å². The van der Waals surface area contributed by atoms with Crippen LogP contribution in [-0.2, 0) is 10.0 Å². The van der Waals surface area contributed by atoms with Crippen molar-refractivity contribution < 1.29 is 22.6 Å². The van der Waals surface area contributed by atoms with Gasteiger partial charge in [-0.25, -0.2) is 8.42 Å². The summed E-state index contributed by atoms with van der Waals surface area (Å²) in [5.41, 5.74) is 3.47. The van der Waals surface area contributed by atoms with Crippen molar-refractivity contribution in [1.29, 1.82) is 0 Å². The maximum Gasteiger partial charge on any atom is 0.262 e. The summed E-state index contributed by atoms with van der Waals surface area (Å²) in [5, 5.41) is 3.67. The quantitative estimate of drug-likeness (QED) is 0.380. The number of sulfonamides is 1. The lowest BCUT2D eigenvalue weighted by Gasteiger charge is -2.37. The summed E-state index contributed by atoms with van der Waals surface area (Å²) < 4.78 is 45.5. The van der Waals surface area contributed by atoms with Gasteiger partial charge in [0.05, 0.1) is 37.5 Å². The first-order chi connectivity index (χ1) is 17.4. The lowest BCUT2D eigenvalue weighted by molar-refractivity contribution is 0.340. The molecule has 0 amide bonds. The van der Waals surface area contributed by atoms with Crippen LogP contribution in [0.25, 0.3) is 0 Å². The highest BCUT2D eigenvalue weighted by Gasteiger charge is 2.38. The number of nitrogens with one attached hydrogen (secondary N) is 2. The monoisotopic (exact) mass is 506 g/mol. The lowest BCUT2D eigenvalue weighted by Crippen LogP contribution is -2.29. The van der Waals surface area contributed by atoms with Gasteiger partial charge in [-0.15, -0.1) is 0 Å². The van der Waals surface area contributed by atoms with Crippen LogP contribution in [-0.4, -0.2) is 29.2 Å². The van der Waals surface area contributed by atoms with E-state index in [4.69, 9.17) is 14.2 Å². The molecule has 3 aromatic rings. The van der Waals surface area contributed by atoms with E-state index in [0.29, 0.717) is 29.7 Å². The van der Waals surface area contributed by atoms with E-state index >= 15 is 0 Å². The van der Waals surface area contributed by atoms with Crippen LogP contribution in [0.15, 0.2) is 77.7 Å². The molecular weight excluding hydrogens is 476 g/mol. The molecule has 0 fully saturated rings. The van der Waals surface area contributed by atoms with Gasteiger partial charge in [-0.2, -0.15) is 0 Å². The Hall–Kier alpha value is -3.65. The second-order valence-corrected chi connectivity index (χ2v) is 10.6. The van der Waals surface area contributed by atoms with Crippen molar-refractivity contribution in [1.82, 2.24) is 0 Å². The fraction of sp³-hybridized carbons (Fsp3) is 0.286. The SMILES string of the molecule is CCOc1ccc([C@H]2Nc3ccc(S(=O)(=O)Nc4ccc(OC)cc4OC)cc3[C@H]3C=CC[C@H]32)cc1. The van der Waals surface area contributed by atoms with Gasteiger partial charge < -0.3 is 19.5 Å². The van der Waals surface area contributed by atoms with Crippen LogP contribution in [0.3, 0.4) is 0 Å². The molecule has 2 N–H and O–H groups in total. The van der Waals surface area contributed by atoms with Gasteiger partial charge in [-0.3, -0.25) is 4.72 Å². The molecule has 2 aliphatic rings. The predicted octanol–water partition coefficient (Wildman–Crippen LogP) is 5.73. The summed E-state index contributed by atoms with van der Waals surface area (Å²) >= 11 is 0. The molecule has 0 unspecified atom stereocenters. The Morgan fingerprint density at radius 1 is 0.972 bits per heavy atom. The Balaban J connectivity index is 1.44. The van der Waals surface area contributed by atoms with Crippen molar-refractivity contribution in [3.63, 3.8) is 0 Å². The van der Waals surface area contributed by atoms with Crippen LogP contribution < -0.4 is 24.2 Å². The number of allylic oxidation sites excluding steroid dienone is 2. The fourth-order valence-electron chi connectivity index (χ4n) is 5.09. The van der Waals surface area contributed by atoms with Crippen LogP contribution in [0.4, 0.5) is 11.4 Å². The minimum Gasteiger partial charge on any atom is -0.497 e. The summed E-state index contributed by atoms with van der Waals surface area (Å²) in [6.45, 7) is 2.61. The van der Waals surface area contributed by atoms with Crippen molar-refractivity contribution in [2.45, 2.75) is 30.2 Å². The van der Waals surface area contributed by atoms with Gasteiger partial charge in [0.15, 0.2) is 0 Å². The molecule has 0 saturated carbocycles. The van der Waals surface area contributed by atoms with Crippen molar-refractivity contribution in [3.8, 4) is 17.2 Å². The second kappa shape index (κ2) is 9.78. The predicted molar refractivity (Wildman–Crippen MR) is 141 cm³/mol. The highest BCUT2D eigenvalue weighted by atomic mass is 32.2. The average molecular weight is 507 g/mol. The molecule has 1 heterocycles. The Morgan fingerprint density at radius 2 is 1.75 bits per heavy atom. The zero-order valence-electron chi connectivity index (χ0n) is 20.5. The molecule has 188 valence electrons. The number of anilines is 2. The van der Waals surface area contributed by atoms with Crippen LogP contribution >= 0.6 is 0 Å². The van der Waals surface area contributed by atoms with Gasteiger partial charge in [-0.05, 0) is 72.9 Å². The van der Waals surface area contributed by atoms with E-state index in [9.17, 15) is 8.42 Å². The summed E-state index contributed by atoms with van der Waals surface area (Å²) in [7, 11) is -0.803. The number of methoxy groups -OCH3 is 2. The zero-order valence-corrected chi connectivity index (χ0v) is 21.3. The summed E-state index contributed by atoms with van der Waals surface area (Å²) in [6, 6.07) is 18.6. The highest BCUT2D eigenvalue weighted by molar-refractivity contribution is 7.92. The molecule has 0 aromatic heterocycles. The molecule has 5 rings (SSSR count). The molecular formula is C28H30N2O5S. The average Bonchev–Trinajstić information content (AvgIpc) is 3.39. The Morgan fingerprint density at radius 3 is 2.47 bits per heavy atom. The molecule has 0 radical (unpaired) electrons. The molecule has 0 saturated heterocycles. The number of ether oxygens (including phenoxy) is 3. The third-order valence-corrected chi connectivity index (χ3v) is 8.21. The number of benzene rings is 3.